The van der Waals surface area contributed by atoms with Crippen LogP contribution in [0.15, 0.2) is 46.3 Å². The van der Waals surface area contributed by atoms with Crippen LogP contribution in [0.25, 0.3) is 0 Å². The summed E-state index contributed by atoms with van der Waals surface area (Å²) in [5.74, 6) is -6.06. The standard InChI is InChI=1S/C21H21F3N4O4S/c1-3-10-28(11-17(29)26-15-9-8-14(22)18(23)19(15)24)21(30)12(2)25-20-13-6-4-5-7-16(13)33(31,32)27-20/h4-9,12H,3,10-11H2,1-2H3,(H,25,27)(H,26,29)/t12-/m0/s1. The number of sulfonamides is 1. The van der Waals surface area contributed by atoms with Gasteiger partial charge in [0.15, 0.2) is 17.5 Å². The van der Waals surface area contributed by atoms with Gasteiger partial charge in [-0.15, -0.1) is 0 Å². The lowest BCUT2D eigenvalue weighted by Crippen LogP contribution is -2.43. The predicted octanol–water partition coefficient (Wildman–Crippen LogP) is 2.41. The summed E-state index contributed by atoms with van der Waals surface area (Å²) < 4.78 is 67.0. The number of anilines is 1. The number of fused-ring (bicyclic) bond motifs is 1. The molecule has 176 valence electrons. The Hall–Kier alpha value is -3.41. The second-order valence-electron chi connectivity index (χ2n) is 7.29. The van der Waals surface area contributed by atoms with Gasteiger partial charge in [0.05, 0.1) is 17.1 Å². The van der Waals surface area contributed by atoms with Gasteiger partial charge in [0.1, 0.15) is 11.9 Å². The number of amidine groups is 1. The summed E-state index contributed by atoms with van der Waals surface area (Å²) in [6, 6.07) is 6.65. The third-order valence-electron chi connectivity index (χ3n) is 4.79. The first-order valence-corrected chi connectivity index (χ1v) is 11.5. The van der Waals surface area contributed by atoms with Crippen molar-refractivity contribution in [2.45, 2.75) is 31.2 Å². The largest absolute Gasteiger partial charge is 0.332 e. The SMILES string of the molecule is CCCN(CC(=O)Nc1ccc(F)c(F)c1F)C(=O)[C@H](C)N=C1NS(=O)(=O)c2ccccc21. The summed E-state index contributed by atoms with van der Waals surface area (Å²) in [5.41, 5.74) is -0.237. The molecule has 1 heterocycles. The van der Waals surface area contributed by atoms with Gasteiger partial charge in [0, 0.05) is 12.1 Å². The molecule has 8 nitrogen and oxygen atoms in total. The Bertz CT molecular complexity index is 1230. The Labute approximate surface area is 188 Å². The summed E-state index contributed by atoms with van der Waals surface area (Å²) in [7, 11) is -3.78. The molecule has 0 saturated carbocycles. The van der Waals surface area contributed by atoms with Crippen LogP contribution < -0.4 is 10.0 Å². The Morgan fingerprint density at radius 3 is 2.52 bits per heavy atom. The lowest BCUT2D eigenvalue weighted by molar-refractivity contribution is -0.135. The zero-order chi connectivity index (χ0) is 24.3. The number of aliphatic imine (C=N–C) groups is 1. The van der Waals surface area contributed by atoms with Gasteiger partial charge in [-0.1, -0.05) is 19.1 Å². The maximum atomic E-state index is 13.8. The van der Waals surface area contributed by atoms with Crippen molar-refractivity contribution in [2.75, 3.05) is 18.4 Å². The number of rotatable bonds is 7. The van der Waals surface area contributed by atoms with E-state index in [1.165, 1.54) is 13.0 Å². The molecule has 33 heavy (non-hydrogen) atoms. The third kappa shape index (κ3) is 5.16. The minimum absolute atomic E-state index is 0.0104. The molecule has 0 spiro atoms. The number of nitrogens with zero attached hydrogens (tertiary/aromatic N) is 2. The molecule has 0 aliphatic carbocycles. The fourth-order valence-corrected chi connectivity index (χ4v) is 4.50. The molecule has 0 radical (unpaired) electrons. The van der Waals surface area contributed by atoms with Crippen molar-refractivity contribution in [1.29, 1.82) is 0 Å². The molecule has 12 heteroatoms. The number of benzene rings is 2. The molecule has 2 amide bonds. The Morgan fingerprint density at radius 1 is 1.12 bits per heavy atom. The minimum Gasteiger partial charge on any atom is -0.332 e. The highest BCUT2D eigenvalue weighted by molar-refractivity contribution is 7.90. The number of hydrogen-bond donors (Lipinski definition) is 2. The Morgan fingerprint density at radius 2 is 1.82 bits per heavy atom. The lowest BCUT2D eigenvalue weighted by Gasteiger charge is -2.23. The topological polar surface area (TPSA) is 108 Å². The molecule has 0 fully saturated rings. The highest BCUT2D eigenvalue weighted by Gasteiger charge is 2.32. The van der Waals surface area contributed by atoms with Gasteiger partial charge >= 0.3 is 0 Å². The van der Waals surface area contributed by atoms with Crippen LogP contribution in [0.3, 0.4) is 0 Å². The fourth-order valence-electron chi connectivity index (χ4n) is 3.27. The fraction of sp³-hybridized carbons (Fsp3) is 0.286. The van der Waals surface area contributed by atoms with Crippen LogP contribution in [-0.2, 0) is 19.6 Å². The first-order valence-electron chi connectivity index (χ1n) is 9.97. The van der Waals surface area contributed by atoms with Crippen molar-refractivity contribution in [3.8, 4) is 0 Å². The summed E-state index contributed by atoms with van der Waals surface area (Å²) in [6.07, 6.45) is 0.483. The number of nitrogens with one attached hydrogen (secondary N) is 2. The molecule has 1 aliphatic heterocycles. The van der Waals surface area contributed by atoms with Crippen molar-refractivity contribution in [2.24, 2.45) is 4.99 Å². The average molecular weight is 482 g/mol. The first kappa shape index (κ1) is 24.2. The molecule has 1 aliphatic rings. The second-order valence-corrected chi connectivity index (χ2v) is 8.94. The molecular formula is C21H21F3N4O4S. The molecule has 0 saturated heterocycles. The van der Waals surface area contributed by atoms with E-state index in [2.05, 4.69) is 15.0 Å². The molecule has 1 atom stereocenters. The van der Waals surface area contributed by atoms with E-state index in [4.69, 9.17) is 0 Å². The second kappa shape index (κ2) is 9.61. The van der Waals surface area contributed by atoms with Crippen molar-refractivity contribution < 1.29 is 31.2 Å². The van der Waals surface area contributed by atoms with Crippen LogP contribution in [0.4, 0.5) is 18.9 Å². The number of amides is 2. The quantitative estimate of drug-likeness (QED) is 0.591. The van der Waals surface area contributed by atoms with Crippen LogP contribution in [0, 0.1) is 17.5 Å². The molecule has 2 aromatic rings. The Kier molecular flexibility index (Phi) is 7.06. The van der Waals surface area contributed by atoms with E-state index in [1.807, 2.05) is 0 Å². The van der Waals surface area contributed by atoms with E-state index in [9.17, 15) is 31.2 Å². The Balaban J connectivity index is 1.76. The predicted molar refractivity (Wildman–Crippen MR) is 115 cm³/mol. The van der Waals surface area contributed by atoms with E-state index >= 15 is 0 Å². The van der Waals surface area contributed by atoms with E-state index in [-0.39, 0.29) is 17.3 Å². The molecule has 3 rings (SSSR count). The van der Waals surface area contributed by atoms with Crippen LogP contribution in [0.2, 0.25) is 0 Å². The number of carbonyl (C=O) groups excluding carboxylic acids is 2. The highest BCUT2D eigenvalue weighted by atomic mass is 32.2. The van der Waals surface area contributed by atoms with Gasteiger partial charge in [-0.25, -0.2) is 21.6 Å². The van der Waals surface area contributed by atoms with Crippen molar-refractivity contribution in [3.63, 3.8) is 0 Å². The lowest BCUT2D eigenvalue weighted by atomic mass is 10.2. The van der Waals surface area contributed by atoms with Crippen molar-refractivity contribution >= 4 is 33.4 Å². The molecule has 2 N–H and O–H groups in total. The first-order chi connectivity index (χ1) is 15.5. The zero-order valence-electron chi connectivity index (χ0n) is 17.7. The van der Waals surface area contributed by atoms with Crippen molar-refractivity contribution in [3.05, 3.63) is 59.4 Å². The van der Waals surface area contributed by atoms with Gasteiger partial charge in [0.25, 0.3) is 10.0 Å². The number of hydrogen-bond acceptors (Lipinski definition) is 5. The number of carbonyl (C=O) groups is 2. The summed E-state index contributed by atoms with van der Waals surface area (Å²) in [4.78, 5) is 30.7. The van der Waals surface area contributed by atoms with Crippen LogP contribution in [-0.4, -0.2) is 50.1 Å². The van der Waals surface area contributed by atoms with Gasteiger partial charge < -0.3 is 10.2 Å². The van der Waals surface area contributed by atoms with Gasteiger partial charge in [-0.2, -0.15) is 0 Å². The third-order valence-corrected chi connectivity index (χ3v) is 6.19. The van der Waals surface area contributed by atoms with E-state index in [1.54, 1.807) is 25.1 Å². The molecule has 0 bridgehead atoms. The van der Waals surface area contributed by atoms with Crippen molar-refractivity contribution in [1.82, 2.24) is 9.62 Å². The minimum atomic E-state index is -3.78. The highest BCUT2D eigenvalue weighted by Crippen LogP contribution is 2.23. The van der Waals surface area contributed by atoms with Crippen LogP contribution in [0.1, 0.15) is 25.8 Å². The molecule has 0 aromatic heterocycles. The maximum absolute atomic E-state index is 13.8. The van der Waals surface area contributed by atoms with E-state index in [0.29, 0.717) is 18.1 Å². The van der Waals surface area contributed by atoms with Crippen LogP contribution >= 0.6 is 0 Å². The summed E-state index contributed by atoms with van der Waals surface area (Å²) in [5, 5.41) is 2.12. The smallest absolute Gasteiger partial charge is 0.263 e. The molecular weight excluding hydrogens is 461 g/mol. The van der Waals surface area contributed by atoms with E-state index < -0.39 is 57.6 Å². The van der Waals surface area contributed by atoms with Crippen LogP contribution in [0.5, 0.6) is 0 Å². The zero-order valence-corrected chi connectivity index (χ0v) is 18.5. The van der Waals surface area contributed by atoms with Gasteiger partial charge in [0.2, 0.25) is 11.8 Å². The molecule has 2 aromatic carbocycles. The summed E-state index contributed by atoms with van der Waals surface area (Å²) in [6.45, 7) is 2.87. The monoisotopic (exact) mass is 482 g/mol. The average Bonchev–Trinajstić information content (AvgIpc) is 3.03. The molecule has 0 unspecified atom stereocenters. The normalized spacial score (nSPS) is 16.1. The van der Waals surface area contributed by atoms with Gasteiger partial charge in [-0.05, 0) is 37.6 Å². The maximum Gasteiger partial charge on any atom is 0.263 e. The number of halogens is 3. The summed E-state index contributed by atoms with van der Waals surface area (Å²) >= 11 is 0. The van der Waals surface area contributed by atoms with E-state index in [0.717, 1.165) is 11.0 Å². The van der Waals surface area contributed by atoms with Gasteiger partial charge in [-0.3, -0.25) is 19.3 Å².